The van der Waals surface area contributed by atoms with Crippen molar-refractivity contribution in [1.82, 2.24) is 0 Å². The molecular formula is C12H14O4. The normalized spacial score (nSPS) is 16.1. The second-order valence-corrected chi connectivity index (χ2v) is 2.88. The minimum atomic E-state index is -2.19. The predicted octanol–water partition coefficient (Wildman–Crippen LogP) is -1.52. The van der Waals surface area contributed by atoms with E-state index in [-0.39, 0.29) is 0 Å². The summed E-state index contributed by atoms with van der Waals surface area (Å²) in [6, 6.07) is 0. The van der Waals surface area contributed by atoms with Crippen molar-refractivity contribution in [1.29, 1.82) is 0 Å². The van der Waals surface area contributed by atoms with Crippen molar-refractivity contribution >= 4 is 0 Å². The van der Waals surface area contributed by atoms with E-state index in [9.17, 15) is 15.3 Å². The molecule has 2 unspecified atom stereocenters. The average Bonchev–Trinajstić information content (AvgIpc) is 2.26. The van der Waals surface area contributed by atoms with Gasteiger partial charge in [0.1, 0.15) is 6.61 Å². The van der Waals surface area contributed by atoms with Crippen LogP contribution in [-0.2, 0) is 0 Å². The van der Waals surface area contributed by atoms with Gasteiger partial charge in [0.25, 0.3) is 0 Å². The van der Waals surface area contributed by atoms with E-state index in [4.69, 9.17) is 5.11 Å². The molecule has 0 aliphatic heterocycles. The van der Waals surface area contributed by atoms with Gasteiger partial charge in [0.05, 0.1) is 0 Å². The van der Waals surface area contributed by atoms with E-state index < -0.39 is 24.4 Å². The summed E-state index contributed by atoms with van der Waals surface area (Å²) in [6.45, 7) is 2.45. The molecule has 0 radical (unpaired) electrons. The fraction of sp³-hybridized carbons (Fsp3) is 0.500. The second kappa shape index (κ2) is 6.90. The Bertz CT molecular complexity index is 368. The highest BCUT2D eigenvalue weighted by Gasteiger charge is 2.40. The van der Waals surface area contributed by atoms with Gasteiger partial charge in [-0.25, -0.2) is 0 Å². The number of hydrogen-bond donors (Lipinski definition) is 4. The van der Waals surface area contributed by atoms with Crippen molar-refractivity contribution in [2.75, 3.05) is 6.61 Å². The Morgan fingerprint density at radius 2 is 1.50 bits per heavy atom. The summed E-state index contributed by atoms with van der Waals surface area (Å²) in [5, 5.41) is 37.6. The summed E-state index contributed by atoms with van der Waals surface area (Å²) in [4.78, 5) is 0. The van der Waals surface area contributed by atoms with Crippen LogP contribution < -0.4 is 0 Å². The molecule has 2 atom stereocenters. The summed E-state index contributed by atoms with van der Waals surface area (Å²) in [7, 11) is 0. The Kier molecular flexibility index (Phi) is 6.27. The number of aliphatic hydroxyl groups is 4. The molecule has 0 saturated carbocycles. The van der Waals surface area contributed by atoms with E-state index in [1.165, 1.54) is 13.8 Å². The predicted molar refractivity (Wildman–Crippen MR) is 58.7 cm³/mol. The first kappa shape index (κ1) is 14.5. The minimum absolute atomic E-state index is 0.499. The van der Waals surface area contributed by atoms with Gasteiger partial charge in [0, 0.05) is 0 Å². The quantitative estimate of drug-likeness (QED) is 0.428. The first-order chi connectivity index (χ1) is 7.52. The molecule has 86 valence electrons. The van der Waals surface area contributed by atoms with Crippen LogP contribution in [0.1, 0.15) is 13.8 Å². The molecule has 16 heavy (non-hydrogen) atoms. The lowest BCUT2D eigenvalue weighted by Crippen LogP contribution is -2.50. The average molecular weight is 222 g/mol. The first-order valence-corrected chi connectivity index (χ1v) is 4.56. The molecule has 0 aromatic rings. The Morgan fingerprint density at radius 3 is 1.81 bits per heavy atom. The third kappa shape index (κ3) is 3.59. The van der Waals surface area contributed by atoms with E-state index >= 15 is 0 Å². The van der Waals surface area contributed by atoms with Gasteiger partial charge in [-0.15, -0.1) is 11.8 Å². The van der Waals surface area contributed by atoms with Crippen LogP contribution in [0.5, 0.6) is 0 Å². The van der Waals surface area contributed by atoms with Crippen LogP contribution in [0.2, 0.25) is 0 Å². The molecule has 4 nitrogen and oxygen atoms in total. The Hall–Kier alpha value is -1.48. The lowest BCUT2D eigenvalue weighted by atomic mass is 9.91. The van der Waals surface area contributed by atoms with E-state index in [2.05, 4.69) is 35.5 Å². The molecule has 0 spiro atoms. The highest BCUT2D eigenvalue weighted by molar-refractivity contribution is 5.30. The van der Waals surface area contributed by atoms with Crippen LogP contribution in [-0.4, -0.2) is 44.8 Å². The fourth-order valence-electron chi connectivity index (χ4n) is 0.961. The number of aliphatic hydroxyl groups excluding tert-OH is 3. The molecule has 0 fully saturated rings. The molecule has 0 aliphatic rings. The lowest BCUT2D eigenvalue weighted by molar-refractivity contribution is -0.0653. The van der Waals surface area contributed by atoms with Gasteiger partial charge >= 0.3 is 0 Å². The number of hydrogen-bond acceptors (Lipinski definition) is 4. The van der Waals surface area contributed by atoms with Crippen LogP contribution >= 0.6 is 0 Å². The maximum atomic E-state index is 9.95. The van der Waals surface area contributed by atoms with Gasteiger partial charge in [-0.05, 0) is 13.8 Å². The van der Waals surface area contributed by atoms with E-state index in [1.807, 2.05) is 0 Å². The monoisotopic (exact) mass is 222 g/mol. The smallest absolute Gasteiger partial charge is 0.200 e. The van der Waals surface area contributed by atoms with E-state index in [0.29, 0.717) is 0 Å². The summed E-state index contributed by atoms with van der Waals surface area (Å²) in [5.74, 6) is 13.7. The van der Waals surface area contributed by atoms with Crippen LogP contribution in [0.25, 0.3) is 0 Å². The summed E-state index contributed by atoms with van der Waals surface area (Å²) in [6.07, 6.45) is -3.13. The maximum Gasteiger partial charge on any atom is 0.200 e. The van der Waals surface area contributed by atoms with Crippen LogP contribution in [0.4, 0.5) is 0 Å². The third-order valence-corrected chi connectivity index (χ3v) is 1.76. The summed E-state index contributed by atoms with van der Waals surface area (Å²) >= 11 is 0. The standard InChI is InChI=1S/C12H14O4/c1-3-6-10(14)12(16,8-5-9-13)11(15)7-4-2/h10-11,13-16H,9H2,1-2H3. The number of rotatable bonds is 2. The molecule has 0 saturated heterocycles. The van der Waals surface area contributed by atoms with Gasteiger partial charge in [-0.2, -0.15) is 0 Å². The van der Waals surface area contributed by atoms with Gasteiger partial charge in [0.2, 0.25) is 0 Å². The molecule has 0 aliphatic carbocycles. The van der Waals surface area contributed by atoms with Gasteiger partial charge in [-0.3, -0.25) is 0 Å². The SMILES string of the molecule is CC#CC(O)C(O)(C#CCO)C(O)C#CC. The largest absolute Gasteiger partial charge is 0.384 e. The Morgan fingerprint density at radius 1 is 1.06 bits per heavy atom. The van der Waals surface area contributed by atoms with Crippen LogP contribution in [0.3, 0.4) is 0 Å². The second-order valence-electron chi connectivity index (χ2n) is 2.88. The van der Waals surface area contributed by atoms with Gasteiger partial charge in [0.15, 0.2) is 17.8 Å². The van der Waals surface area contributed by atoms with Crippen molar-refractivity contribution < 1.29 is 20.4 Å². The summed E-state index contributed by atoms with van der Waals surface area (Å²) in [5.41, 5.74) is -2.19. The molecule has 0 amide bonds. The van der Waals surface area contributed by atoms with Gasteiger partial charge in [-0.1, -0.05) is 23.7 Å². The maximum absolute atomic E-state index is 9.95. The molecule has 0 rings (SSSR count). The van der Waals surface area contributed by atoms with Crippen molar-refractivity contribution in [2.24, 2.45) is 0 Å². The van der Waals surface area contributed by atoms with E-state index in [1.54, 1.807) is 0 Å². The molecule has 4 heteroatoms. The molecule has 4 N–H and O–H groups in total. The molecule has 0 aromatic carbocycles. The van der Waals surface area contributed by atoms with Crippen molar-refractivity contribution in [3.63, 3.8) is 0 Å². The molecule has 0 aromatic heterocycles. The zero-order valence-corrected chi connectivity index (χ0v) is 9.15. The summed E-state index contributed by atoms with van der Waals surface area (Å²) < 4.78 is 0. The molecule has 0 bridgehead atoms. The highest BCUT2D eigenvalue weighted by atomic mass is 16.4. The molecule has 0 heterocycles. The third-order valence-electron chi connectivity index (χ3n) is 1.76. The fourth-order valence-corrected chi connectivity index (χ4v) is 0.961. The van der Waals surface area contributed by atoms with Crippen molar-refractivity contribution in [3.8, 4) is 35.5 Å². The highest BCUT2D eigenvalue weighted by Crippen LogP contribution is 2.14. The van der Waals surface area contributed by atoms with Crippen LogP contribution in [0, 0.1) is 35.5 Å². The zero-order chi connectivity index (χ0) is 12.6. The first-order valence-electron chi connectivity index (χ1n) is 4.56. The zero-order valence-electron chi connectivity index (χ0n) is 9.15. The van der Waals surface area contributed by atoms with Crippen LogP contribution in [0.15, 0.2) is 0 Å². The Balaban J connectivity index is 5.28. The van der Waals surface area contributed by atoms with E-state index in [0.717, 1.165) is 0 Å². The van der Waals surface area contributed by atoms with Crippen molar-refractivity contribution in [2.45, 2.75) is 31.7 Å². The van der Waals surface area contributed by atoms with Crippen molar-refractivity contribution in [3.05, 3.63) is 0 Å². The molecular weight excluding hydrogens is 208 g/mol. The lowest BCUT2D eigenvalue weighted by Gasteiger charge is -2.26. The topological polar surface area (TPSA) is 80.9 Å². The minimum Gasteiger partial charge on any atom is -0.384 e. The van der Waals surface area contributed by atoms with Gasteiger partial charge < -0.3 is 20.4 Å². The Labute approximate surface area is 94.9 Å².